The highest BCUT2D eigenvalue weighted by Gasteiger charge is 2.18. The lowest BCUT2D eigenvalue weighted by molar-refractivity contribution is 0.417. The van der Waals surface area contributed by atoms with E-state index in [0.717, 1.165) is 22.8 Å². The number of hydrogen-bond acceptors (Lipinski definition) is 5. The van der Waals surface area contributed by atoms with Crippen LogP contribution >= 0.6 is 0 Å². The van der Waals surface area contributed by atoms with Crippen molar-refractivity contribution in [3.8, 4) is 5.75 Å². The molecule has 0 saturated carbocycles. The Kier molecular flexibility index (Phi) is 5.31. The van der Waals surface area contributed by atoms with Crippen molar-refractivity contribution in [1.82, 2.24) is 9.97 Å². The van der Waals surface area contributed by atoms with Crippen molar-refractivity contribution < 1.29 is 4.74 Å². The number of aromatic nitrogens is 2. The molecule has 0 aliphatic heterocycles. The van der Waals surface area contributed by atoms with Crippen molar-refractivity contribution in [2.45, 2.75) is 33.1 Å². The molecule has 0 atom stereocenters. The second-order valence-electron chi connectivity index (χ2n) is 7.46. The van der Waals surface area contributed by atoms with Crippen molar-refractivity contribution >= 4 is 23.1 Å². The molecular formula is C22H26N4O. The average Bonchev–Trinajstić information content (AvgIpc) is 2.61. The standard InChI is InChI=1S/C22H26N4O/c1-15-14-20(24-18-12-8-9-13-19(18)27-5)26-21(23-15)25-17-11-7-6-10-16(17)22(2,3)4/h6-14H,1-5H3,(H2,23,24,25,26). The summed E-state index contributed by atoms with van der Waals surface area (Å²) in [7, 11) is 1.65. The van der Waals surface area contributed by atoms with Crippen LogP contribution in [0.4, 0.5) is 23.1 Å². The largest absolute Gasteiger partial charge is 0.495 e. The topological polar surface area (TPSA) is 59.1 Å². The molecule has 5 heteroatoms. The number of nitrogens with zero attached hydrogens (tertiary/aromatic N) is 2. The highest BCUT2D eigenvalue weighted by molar-refractivity contribution is 5.66. The smallest absolute Gasteiger partial charge is 0.229 e. The van der Waals surface area contributed by atoms with E-state index in [1.54, 1.807) is 7.11 Å². The quantitative estimate of drug-likeness (QED) is 0.620. The van der Waals surface area contributed by atoms with Gasteiger partial charge < -0.3 is 15.4 Å². The first-order valence-corrected chi connectivity index (χ1v) is 8.99. The molecule has 5 nitrogen and oxygen atoms in total. The van der Waals surface area contributed by atoms with E-state index in [2.05, 4.69) is 59.6 Å². The molecule has 1 aromatic heterocycles. The van der Waals surface area contributed by atoms with Gasteiger partial charge in [-0.25, -0.2) is 4.98 Å². The van der Waals surface area contributed by atoms with Crippen LogP contribution in [-0.2, 0) is 5.41 Å². The SMILES string of the molecule is COc1ccccc1Nc1cc(C)nc(Nc2ccccc2C(C)(C)C)n1. The third-order valence-corrected chi connectivity index (χ3v) is 4.21. The maximum absolute atomic E-state index is 5.41. The predicted octanol–water partition coefficient (Wildman–Crippen LogP) is 5.58. The lowest BCUT2D eigenvalue weighted by Crippen LogP contribution is -2.14. The van der Waals surface area contributed by atoms with E-state index in [-0.39, 0.29) is 5.41 Å². The van der Waals surface area contributed by atoms with Gasteiger partial charge in [-0.3, -0.25) is 0 Å². The highest BCUT2D eigenvalue weighted by Crippen LogP contribution is 2.31. The first-order chi connectivity index (χ1) is 12.9. The molecule has 2 N–H and O–H groups in total. The van der Waals surface area contributed by atoms with E-state index < -0.39 is 0 Å². The average molecular weight is 362 g/mol. The highest BCUT2D eigenvalue weighted by atomic mass is 16.5. The van der Waals surface area contributed by atoms with Crippen LogP contribution in [0.2, 0.25) is 0 Å². The van der Waals surface area contributed by atoms with Gasteiger partial charge in [-0.15, -0.1) is 0 Å². The van der Waals surface area contributed by atoms with Crippen LogP contribution in [0.1, 0.15) is 32.0 Å². The molecule has 27 heavy (non-hydrogen) atoms. The van der Waals surface area contributed by atoms with E-state index in [4.69, 9.17) is 4.74 Å². The Balaban J connectivity index is 1.91. The number of rotatable bonds is 5. The number of methoxy groups -OCH3 is 1. The van der Waals surface area contributed by atoms with Crippen molar-refractivity contribution in [3.05, 3.63) is 65.9 Å². The minimum absolute atomic E-state index is 0.0197. The molecule has 0 spiro atoms. The molecule has 0 amide bonds. The third kappa shape index (κ3) is 4.56. The summed E-state index contributed by atoms with van der Waals surface area (Å²) in [6.45, 7) is 8.54. The molecule has 0 bridgehead atoms. The molecule has 0 aliphatic carbocycles. The normalized spacial score (nSPS) is 11.1. The molecule has 2 aromatic carbocycles. The summed E-state index contributed by atoms with van der Waals surface area (Å²) >= 11 is 0. The van der Waals surface area contributed by atoms with Crippen LogP contribution in [0, 0.1) is 6.92 Å². The third-order valence-electron chi connectivity index (χ3n) is 4.21. The maximum Gasteiger partial charge on any atom is 0.229 e. The lowest BCUT2D eigenvalue weighted by Gasteiger charge is -2.23. The van der Waals surface area contributed by atoms with Gasteiger partial charge in [0.1, 0.15) is 11.6 Å². The van der Waals surface area contributed by atoms with Gasteiger partial charge in [0.25, 0.3) is 0 Å². The van der Waals surface area contributed by atoms with Gasteiger partial charge in [0, 0.05) is 17.4 Å². The number of hydrogen-bond donors (Lipinski definition) is 2. The summed E-state index contributed by atoms with van der Waals surface area (Å²) in [5, 5.41) is 6.70. The van der Waals surface area contributed by atoms with E-state index in [9.17, 15) is 0 Å². The Morgan fingerprint density at radius 1 is 0.852 bits per heavy atom. The lowest BCUT2D eigenvalue weighted by atomic mass is 9.86. The van der Waals surface area contributed by atoms with Gasteiger partial charge in [-0.2, -0.15) is 4.98 Å². The van der Waals surface area contributed by atoms with Crippen LogP contribution in [0.15, 0.2) is 54.6 Å². The predicted molar refractivity (Wildman–Crippen MR) is 111 cm³/mol. The number of para-hydroxylation sites is 3. The fraction of sp³-hybridized carbons (Fsp3) is 0.273. The van der Waals surface area contributed by atoms with E-state index in [1.165, 1.54) is 5.56 Å². The second-order valence-corrected chi connectivity index (χ2v) is 7.46. The van der Waals surface area contributed by atoms with Crippen LogP contribution in [-0.4, -0.2) is 17.1 Å². The molecule has 0 radical (unpaired) electrons. The Morgan fingerprint density at radius 2 is 1.52 bits per heavy atom. The molecule has 0 aliphatic rings. The van der Waals surface area contributed by atoms with Gasteiger partial charge in [-0.1, -0.05) is 51.1 Å². The molecule has 0 saturated heterocycles. The first-order valence-electron chi connectivity index (χ1n) is 8.99. The molecular weight excluding hydrogens is 336 g/mol. The van der Waals surface area contributed by atoms with Crippen molar-refractivity contribution in [1.29, 1.82) is 0 Å². The van der Waals surface area contributed by atoms with Crippen LogP contribution in [0.25, 0.3) is 0 Å². The summed E-state index contributed by atoms with van der Waals surface area (Å²) in [6.07, 6.45) is 0. The molecule has 1 heterocycles. The van der Waals surface area contributed by atoms with Gasteiger partial charge in [0.05, 0.1) is 12.8 Å². The zero-order chi connectivity index (χ0) is 19.4. The Hall–Kier alpha value is -3.08. The number of benzene rings is 2. The fourth-order valence-corrected chi connectivity index (χ4v) is 2.94. The molecule has 0 fully saturated rings. The summed E-state index contributed by atoms with van der Waals surface area (Å²) in [5.74, 6) is 2.04. The van der Waals surface area contributed by atoms with Crippen LogP contribution in [0.5, 0.6) is 5.75 Å². The fourth-order valence-electron chi connectivity index (χ4n) is 2.94. The van der Waals surface area contributed by atoms with E-state index in [0.29, 0.717) is 11.8 Å². The van der Waals surface area contributed by atoms with E-state index in [1.807, 2.05) is 43.3 Å². The minimum Gasteiger partial charge on any atom is -0.495 e. The minimum atomic E-state index is 0.0197. The monoisotopic (exact) mass is 362 g/mol. The van der Waals surface area contributed by atoms with Crippen LogP contribution in [0.3, 0.4) is 0 Å². The second kappa shape index (κ2) is 7.66. The summed E-state index contributed by atoms with van der Waals surface area (Å²) in [4.78, 5) is 9.18. The first kappa shape index (κ1) is 18.7. The number of anilines is 4. The molecule has 140 valence electrons. The van der Waals surface area contributed by atoms with Gasteiger partial charge in [-0.05, 0) is 36.1 Å². The summed E-state index contributed by atoms with van der Waals surface area (Å²) in [5.41, 5.74) is 3.98. The number of ether oxygens (including phenoxy) is 1. The van der Waals surface area contributed by atoms with E-state index >= 15 is 0 Å². The van der Waals surface area contributed by atoms with Gasteiger partial charge in [0.15, 0.2) is 0 Å². The molecule has 0 unspecified atom stereocenters. The van der Waals surface area contributed by atoms with Gasteiger partial charge in [0.2, 0.25) is 5.95 Å². The van der Waals surface area contributed by atoms with Crippen molar-refractivity contribution in [2.75, 3.05) is 17.7 Å². The summed E-state index contributed by atoms with van der Waals surface area (Å²) in [6, 6.07) is 17.9. The molecule has 3 rings (SSSR count). The number of nitrogens with one attached hydrogen (secondary N) is 2. The zero-order valence-electron chi connectivity index (χ0n) is 16.5. The van der Waals surface area contributed by atoms with Crippen molar-refractivity contribution in [2.24, 2.45) is 0 Å². The van der Waals surface area contributed by atoms with Gasteiger partial charge >= 0.3 is 0 Å². The van der Waals surface area contributed by atoms with Crippen LogP contribution < -0.4 is 15.4 Å². The van der Waals surface area contributed by atoms with Crippen molar-refractivity contribution in [3.63, 3.8) is 0 Å². The Labute approximate surface area is 160 Å². The molecule has 3 aromatic rings. The zero-order valence-corrected chi connectivity index (χ0v) is 16.5. The summed E-state index contributed by atoms with van der Waals surface area (Å²) < 4.78 is 5.41. The Bertz CT molecular complexity index is 932. The Morgan fingerprint density at radius 3 is 2.22 bits per heavy atom. The maximum atomic E-state index is 5.41. The number of aryl methyl sites for hydroxylation is 1.